The third-order valence-electron chi connectivity index (χ3n) is 4.66. The van der Waals surface area contributed by atoms with E-state index in [1.54, 1.807) is 13.0 Å². The highest BCUT2D eigenvalue weighted by Gasteiger charge is 2.27. The molecule has 9 nitrogen and oxygen atoms in total. The van der Waals surface area contributed by atoms with Crippen LogP contribution in [0.1, 0.15) is 22.8 Å². The Labute approximate surface area is 184 Å². The Hall–Kier alpha value is -3.81. The molecule has 0 amide bonds. The molecule has 0 aliphatic heterocycles. The molecule has 0 saturated carbocycles. The fourth-order valence-corrected chi connectivity index (χ4v) is 4.23. The van der Waals surface area contributed by atoms with Crippen molar-refractivity contribution in [1.82, 2.24) is 9.71 Å². The molecule has 1 heterocycles. The van der Waals surface area contributed by atoms with Crippen LogP contribution in [0.5, 0.6) is 5.75 Å². The first-order valence-corrected chi connectivity index (χ1v) is 10.9. The van der Waals surface area contributed by atoms with Gasteiger partial charge in [-0.3, -0.25) is 4.79 Å². The molecule has 0 fully saturated rings. The number of nitrogens with one attached hydrogen (secondary N) is 2. The van der Waals surface area contributed by atoms with Crippen molar-refractivity contribution in [2.45, 2.75) is 24.3 Å². The quantitative estimate of drug-likeness (QED) is 0.361. The SMILES string of the molecule is CC#CCOc1ccc(S(=O)(=O)NC(Cc2c[nH]c3ccc(C(=O)O)cc23)C(=O)O)cc1. The van der Waals surface area contributed by atoms with Crippen molar-refractivity contribution in [1.29, 1.82) is 0 Å². The van der Waals surface area contributed by atoms with Crippen molar-refractivity contribution in [2.24, 2.45) is 0 Å². The molecule has 0 spiro atoms. The third-order valence-corrected chi connectivity index (χ3v) is 6.14. The van der Waals surface area contributed by atoms with Gasteiger partial charge in [0.05, 0.1) is 10.5 Å². The molecule has 1 atom stereocenters. The predicted molar refractivity (Wildman–Crippen MR) is 116 cm³/mol. The summed E-state index contributed by atoms with van der Waals surface area (Å²) in [7, 11) is -4.14. The van der Waals surface area contributed by atoms with Gasteiger partial charge >= 0.3 is 11.9 Å². The van der Waals surface area contributed by atoms with Gasteiger partial charge in [-0.2, -0.15) is 4.72 Å². The van der Waals surface area contributed by atoms with Crippen LogP contribution >= 0.6 is 0 Å². The van der Waals surface area contributed by atoms with E-state index in [4.69, 9.17) is 4.74 Å². The molecule has 166 valence electrons. The fraction of sp³-hybridized carbons (Fsp3) is 0.182. The lowest BCUT2D eigenvalue weighted by molar-refractivity contribution is -0.138. The molecule has 10 heteroatoms. The number of fused-ring (bicyclic) bond motifs is 1. The normalized spacial score (nSPS) is 12.0. The second-order valence-electron chi connectivity index (χ2n) is 6.78. The van der Waals surface area contributed by atoms with E-state index in [0.717, 1.165) is 0 Å². The lowest BCUT2D eigenvalue weighted by atomic mass is 10.0. The van der Waals surface area contributed by atoms with Gasteiger partial charge in [0.25, 0.3) is 0 Å². The van der Waals surface area contributed by atoms with E-state index in [9.17, 15) is 28.2 Å². The second kappa shape index (κ2) is 9.55. The molecule has 3 rings (SSSR count). The van der Waals surface area contributed by atoms with Crippen molar-refractivity contribution in [3.8, 4) is 17.6 Å². The number of aliphatic carboxylic acids is 1. The first-order chi connectivity index (χ1) is 15.2. The molecule has 0 saturated heterocycles. The number of hydrogen-bond acceptors (Lipinski definition) is 5. The van der Waals surface area contributed by atoms with Gasteiger partial charge in [0.2, 0.25) is 10.0 Å². The first-order valence-electron chi connectivity index (χ1n) is 9.42. The molecule has 2 aromatic carbocycles. The molecule has 1 unspecified atom stereocenters. The molecule has 0 bridgehead atoms. The highest BCUT2D eigenvalue weighted by molar-refractivity contribution is 7.89. The maximum Gasteiger partial charge on any atom is 0.335 e. The van der Waals surface area contributed by atoms with E-state index < -0.39 is 28.0 Å². The van der Waals surface area contributed by atoms with Gasteiger partial charge in [0.15, 0.2) is 0 Å². The number of ether oxygens (including phenoxy) is 1. The minimum absolute atomic E-state index is 0.0398. The van der Waals surface area contributed by atoms with Crippen LogP contribution in [-0.2, 0) is 21.2 Å². The Bertz CT molecular complexity index is 1320. The van der Waals surface area contributed by atoms with Crippen molar-refractivity contribution in [3.05, 3.63) is 59.8 Å². The van der Waals surface area contributed by atoms with Crippen molar-refractivity contribution in [3.63, 3.8) is 0 Å². The number of aromatic carboxylic acids is 1. The number of H-pyrrole nitrogens is 1. The molecule has 3 aromatic rings. The number of benzene rings is 2. The summed E-state index contributed by atoms with van der Waals surface area (Å²) in [4.78, 5) is 25.8. The Kier molecular flexibility index (Phi) is 6.82. The molecule has 0 aliphatic rings. The zero-order valence-electron chi connectivity index (χ0n) is 17.0. The minimum atomic E-state index is -4.14. The number of hydrogen-bond donors (Lipinski definition) is 4. The number of sulfonamides is 1. The standard InChI is InChI=1S/C22H20N2O7S/c1-2-3-10-31-16-5-7-17(8-6-16)32(29,30)24-20(22(27)28)12-15-13-23-19-9-4-14(21(25)26)11-18(15)19/h4-9,11,13,20,23-24H,10,12H2,1H3,(H,25,26)(H,27,28). The average molecular weight is 456 g/mol. The van der Waals surface area contributed by atoms with Crippen molar-refractivity contribution >= 4 is 32.9 Å². The van der Waals surface area contributed by atoms with Crippen molar-refractivity contribution < 1.29 is 33.0 Å². The maximum absolute atomic E-state index is 12.7. The van der Waals surface area contributed by atoms with Crippen LogP contribution in [0, 0.1) is 11.8 Å². The summed E-state index contributed by atoms with van der Waals surface area (Å²) in [6, 6.07) is 8.45. The van der Waals surface area contributed by atoms with Gasteiger partial charge in [-0.25, -0.2) is 13.2 Å². The first kappa shape index (κ1) is 22.9. The van der Waals surface area contributed by atoms with Crippen LogP contribution in [0.4, 0.5) is 0 Å². The zero-order chi connectivity index (χ0) is 23.3. The maximum atomic E-state index is 12.7. The summed E-state index contributed by atoms with van der Waals surface area (Å²) in [5, 5.41) is 19.3. The predicted octanol–water partition coefficient (Wildman–Crippen LogP) is 2.24. The lowest BCUT2D eigenvalue weighted by Crippen LogP contribution is -2.42. The van der Waals surface area contributed by atoms with Gasteiger partial charge < -0.3 is 19.9 Å². The topological polar surface area (TPSA) is 146 Å². The molecular formula is C22H20N2O7S. The summed E-state index contributed by atoms with van der Waals surface area (Å²) in [5.74, 6) is 3.33. The average Bonchev–Trinajstić information content (AvgIpc) is 3.15. The van der Waals surface area contributed by atoms with E-state index in [-0.39, 0.29) is 23.5 Å². The van der Waals surface area contributed by atoms with Crippen LogP contribution in [0.3, 0.4) is 0 Å². The van der Waals surface area contributed by atoms with E-state index in [0.29, 0.717) is 22.2 Å². The molecular weight excluding hydrogens is 436 g/mol. The number of carboxylic acid groups (broad SMARTS) is 2. The van der Waals surface area contributed by atoms with Gasteiger partial charge in [0, 0.05) is 23.5 Å². The fourth-order valence-electron chi connectivity index (χ4n) is 3.04. The van der Waals surface area contributed by atoms with E-state index in [1.807, 2.05) is 0 Å². The summed E-state index contributed by atoms with van der Waals surface area (Å²) < 4.78 is 33.0. The highest BCUT2D eigenvalue weighted by Crippen LogP contribution is 2.22. The Balaban J connectivity index is 1.81. The van der Waals surface area contributed by atoms with Crippen LogP contribution in [0.2, 0.25) is 0 Å². The molecule has 32 heavy (non-hydrogen) atoms. The number of aromatic amines is 1. The summed E-state index contributed by atoms with van der Waals surface area (Å²) in [5.41, 5.74) is 1.12. The Morgan fingerprint density at radius 3 is 2.50 bits per heavy atom. The van der Waals surface area contributed by atoms with E-state index >= 15 is 0 Å². The number of carbonyl (C=O) groups is 2. The number of carboxylic acids is 2. The Morgan fingerprint density at radius 1 is 1.16 bits per heavy atom. The van der Waals surface area contributed by atoms with E-state index in [1.165, 1.54) is 42.6 Å². The Morgan fingerprint density at radius 2 is 1.88 bits per heavy atom. The third kappa shape index (κ3) is 5.26. The van der Waals surface area contributed by atoms with Crippen LogP contribution in [0.15, 0.2) is 53.6 Å². The highest BCUT2D eigenvalue weighted by atomic mass is 32.2. The summed E-state index contributed by atoms with van der Waals surface area (Å²) in [6.45, 7) is 1.83. The molecule has 1 aromatic heterocycles. The van der Waals surface area contributed by atoms with Gasteiger partial charge in [-0.1, -0.05) is 5.92 Å². The van der Waals surface area contributed by atoms with Crippen LogP contribution < -0.4 is 9.46 Å². The monoisotopic (exact) mass is 456 g/mol. The molecule has 0 aliphatic carbocycles. The number of aromatic nitrogens is 1. The minimum Gasteiger partial charge on any atom is -0.481 e. The smallest absolute Gasteiger partial charge is 0.335 e. The lowest BCUT2D eigenvalue weighted by Gasteiger charge is -2.15. The molecule has 4 N–H and O–H groups in total. The van der Waals surface area contributed by atoms with Gasteiger partial charge in [0.1, 0.15) is 18.4 Å². The molecule has 0 radical (unpaired) electrons. The van der Waals surface area contributed by atoms with Gasteiger partial charge in [-0.05, 0) is 55.0 Å². The summed E-state index contributed by atoms with van der Waals surface area (Å²) >= 11 is 0. The second-order valence-corrected chi connectivity index (χ2v) is 8.50. The van der Waals surface area contributed by atoms with Crippen molar-refractivity contribution in [2.75, 3.05) is 6.61 Å². The van der Waals surface area contributed by atoms with Crippen LogP contribution in [-0.4, -0.2) is 48.2 Å². The summed E-state index contributed by atoms with van der Waals surface area (Å²) in [6.07, 6.45) is 1.35. The largest absolute Gasteiger partial charge is 0.481 e. The van der Waals surface area contributed by atoms with Gasteiger partial charge in [-0.15, -0.1) is 5.92 Å². The van der Waals surface area contributed by atoms with E-state index in [2.05, 4.69) is 21.5 Å². The zero-order valence-corrected chi connectivity index (χ0v) is 17.8. The number of rotatable bonds is 9. The van der Waals surface area contributed by atoms with Crippen LogP contribution in [0.25, 0.3) is 10.9 Å².